The molecule has 0 saturated carbocycles. The lowest BCUT2D eigenvalue weighted by atomic mass is 10.0. The van der Waals surface area contributed by atoms with Crippen molar-refractivity contribution in [2.24, 2.45) is 0 Å². The lowest BCUT2D eigenvalue weighted by Gasteiger charge is -2.37. The highest BCUT2D eigenvalue weighted by Crippen LogP contribution is 2.27. The number of carbonyl (C=O) groups is 1. The molecule has 0 spiro atoms. The Morgan fingerprint density at radius 1 is 1.55 bits per heavy atom. The molecular formula is C14H22N4O2. The quantitative estimate of drug-likeness (QED) is 0.863. The van der Waals surface area contributed by atoms with Crippen LogP contribution in [0.15, 0.2) is 12.3 Å². The fourth-order valence-corrected chi connectivity index (χ4v) is 2.73. The van der Waals surface area contributed by atoms with Gasteiger partial charge in [0.2, 0.25) is 0 Å². The first-order chi connectivity index (χ1) is 9.54. The van der Waals surface area contributed by atoms with Crippen LogP contribution in [0.3, 0.4) is 0 Å². The van der Waals surface area contributed by atoms with Crippen LogP contribution in [0.2, 0.25) is 0 Å². The fraction of sp³-hybridized carbons (Fsp3) is 0.571. The maximum absolute atomic E-state index is 11.1. The average Bonchev–Trinajstić information content (AvgIpc) is 2.46. The standard InChI is InChI=1S/C14H22N4O2/c1-3-18-8-5-10(6-9-18)17(2)13-12(15)11(14(19)20)4-7-16-13/h4,7,10H,3,5-6,8-9,15H2,1-2H3,(H,19,20). The van der Waals surface area contributed by atoms with Crippen molar-refractivity contribution in [1.29, 1.82) is 0 Å². The van der Waals surface area contributed by atoms with Crippen molar-refractivity contribution >= 4 is 17.5 Å². The summed E-state index contributed by atoms with van der Waals surface area (Å²) in [5.74, 6) is -0.444. The van der Waals surface area contributed by atoms with E-state index in [0.717, 1.165) is 32.5 Å². The van der Waals surface area contributed by atoms with Gasteiger partial charge in [-0.05, 0) is 25.5 Å². The second-order valence-electron chi connectivity index (χ2n) is 5.18. The van der Waals surface area contributed by atoms with Crippen LogP contribution in [0.1, 0.15) is 30.1 Å². The topological polar surface area (TPSA) is 82.7 Å². The molecule has 0 aromatic carbocycles. The van der Waals surface area contributed by atoms with Gasteiger partial charge in [-0.3, -0.25) is 0 Å². The summed E-state index contributed by atoms with van der Waals surface area (Å²) in [4.78, 5) is 19.8. The molecule has 1 saturated heterocycles. The van der Waals surface area contributed by atoms with Crippen LogP contribution >= 0.6 is 0 Å². The van der Waals surface area contributed by atoms with Gasteiger partial charge < -0.3 is 20.6 Å². The SMILES string of the molecule is CCN1CCC(N(C)c2nccc(C(=O)O)c2N)CC1. The average molecular weight is 278 g/mol. The largest absolute Gasteiger partial charge is 0.478 e. The zero-order chi connectivity index (χ0) is 14.7. The number of aromatic nitrogens is 1. The summed E-state index contributed by atoms with van der Waals surface area (Å²) in [7, 11) is 1.94. The number of carboxylic acids is 1. The second-order valence-corrected chi connectivity index (χ2v) is 5.18. The zero-order valence-electron chi connectivity index (χ0n) is 12.0. The van der Waals surface area contributed by atoms with Crippen LogP contribution in [0.4, 0.5) is 11.5 Å². The van der Waals surface area contributed by atoms with E-state index < -0.39 is 5.97 Å². The smallest absolute Gasteiger partial charge is 0.337 e. The van der Waals surface area contributed by atoms with Gasteiger partial charge in [0.25, 0.3) is 0 Å². The summed E-state index contributed by atoms with van der Waals surface area (Å²) < 4.78 is 0. The summed E-state index contributed by atoms with van der Waals surface area (Å²) in [5.41, 5.74) is 6.32. The maximum atomic E-state index is 11.1. The molecule has 1 fully saturated rings. The molecule has 1 aliphatic heterocycles. The molecule has 0 radical (unpaired) electrons. The van der Waals surface area contributed by atoms with Gasteiger partial charge in [0, 0.05) is 32.4 Å². The number of nitrogens with two attached hydrogens (primary N) is 1. The lowest BCUT2D eigenvalue weighted by molar-refractivity contribution is 0.0698. The summed E-state index contributed by atoms with van der Waals surface area (Å²) in [6, 6.07) is 1.80. The maximum Gasteiger partial charge on any atom is 0.337 e. The Balaban J connectivity index is 2.15. The summed E-state index contributed by atoms with van der Waals surface area (Å²) in [5, 5.41) is 9.12. The van der Waals surface area contributed by atoms with Gasteiger partial charge in [-0.1, -0.05) is 6.92 Å². The number of hydrogen-bond donors (Lipinski definition) is 2. The molecule has 1 aliphatic rings. The van der Waals surface area contributed by atoms with Crippen LogP contribution in [0.5, 0.6) is 0 Å². The first-order valence-corrected chi connectivity index (χ1v) is 6.97. The zero-order valence-corrected chi connectivity index (χ0v) is 12.0. The van der Waals surface area contributed by atoms with E-state index in [-0.39, 0.29) is 11.3 Å². The highest BCUT2D eigenvalue weighted by Gasteiger charge is 2.24. The number of likely N-dealkylation sites (tertiary alicyclic amines) is 1. The summed E-state index contributed by atoms with van der Waals surface area (Å²) >= 11 is 0. The third kappa shape index (κ3) is 2.85. The molecule has 0 aliphatic carbocycles. The highest BCUT2D eigenvalue weighted by atomic mass is 16.4. The number of anilines is 2. The van der Waals surface area contributed by atoms with Crippen LogP contribution in [-0.2, 0) is 0 Å². The van der Waals surface area contributed by atoms with Gasteiger partial charge in [-0.2, -0.15) is 0 Å². The van der Waals surface area contributed by atoms with Crippen molar-refractivity contribution in [2.45, 2.75) is 25.8 Å². The minimum Gasteiger partial charge on any atom is -0.478 e. The highest BCUT2D eigenvalue weighted by molar-refractivity contribution is 5.96. The van der Waals surface area contributed by atoms with E-state index in [1.165, 1.54) is 12.3 Å². The van der Waals surface area contributed by atoms with Crippen molar-refractivity contribution in [3.8, 4) is 0 Å². The number of rotatable bonds is 4. The Kier molecular flexibility index (Phi) is 4.44. The van der Waals surface area contributed by atoms with Crippen molar-refractivity contribution < 1.29 is 9.90 Å². The monoisotopic (exact) mass is 278 g/mol. The minimum absolute atomic E-state index is 0.118. The van der Waals surface area contributed by atoms with Crippen LogP contribution in [0.25, 0.3) is 0 Å². The van der Waals surface area contributed by atoms with Crippen molar-refractivity contribution in [3.05, 3.63) is 17.8 Å². The van der Waals surface area contributed by atoms with Gasteiger partial charge in [0.15, 0.2) is 5.82 Å². The molecule has 6 nitrogen and oxygen atoms in total. The molecule has 2 rings (SSSR count). The number of carboxylic acid groups (broad SMARTS) is 1. The number of nitrogens with zero attached hydrogens (tertiary/aromatic N) is 3. The van der Waals surface area contributed by atoms with Gasteiger partial charge in [-0.15, -0.1) is 0 Å². The van der Waals surface area contributed by atoms with E-state index in [1.54, 1.807) is 0 Å². The fourth-order valence-electron chi connectivity index (χ4n) is 2.73. The molecule has 0 bridgehead atoms. The van der Waals surface area contributed by atoms with E-state index in [4.69, 9.17) is 10.8 Å². The Labute approximate surface area is 119 Å². The summed E-state index contributed by atoms with van der Waals surface area (Å²) in [6.45, 7) is 5.36. The molecule has 110 valence electrons. The molecule has 2 heterocycles. The van der Waals surface area contributed by atoms with Crippen molar-refractivity contribution in [1.82, 2.24) is 9.88 Å². The lowest BCUT2D eigenvalue weighted by Crippen LogP contribution is -2.43. The minimum atomic E-state index is -1.01. The molecule has 20 heavy (non-hydrogen) atoms. The number of aromatic carboxylic acids is 1. The molecule has 0 atom stereocenters. The first-order valence-electron chi connectivity index (χ1n) is 6.97. The number of nitrogen functional groups attached to an aromatic ring is 1. The molecule has 0 amide bonds. The third-order valence-electron chi connectivity index (χ3n) is 4.09. The number of piperidine rings is 1. The third-order valence-corrected chi connectivity index (χ3v) is 4.09. The van der Waals surface area contributed by atoms with Gasteiger partial charge >= 0.3 is 5.97 Å². The van der Waals surface area contributed by atoms with E-state index in [2.05, 4.69) is 16.8 Å². The normalized spacial score (nSPS) is 17.1. The predicted octanol–water partition coefficient (Wildman–Crippen LogP) is 1.28. The second kappa shape index (κ2) is 6.09. The van der Waals surface area contributed by atoms with Crippen molar-refractivity contribution in [3.63, 3.8) is 0 Å². The van der Waals surface area contributed by atoms with Crippen LogP contribution in [-0.4, -0.2) is 53.7 Å². The van der Waals surface area contributed by atoms with Crippen LogP contribution < -0.4 is 10.6 Å². The van der Waals surface area contributed by atoms with Crippen molar-refractivity contribution in [2.75, 3.05) is 37.3 Å². The Hall–Kier alpha value is -1.82. The number of hydrogen-bond acceptors (Lipinski definition) is 5. The molecule has 1 aromatic heterocycles. The van der Waals surface area contributed by atoms with E-state index >= 15 is 0 Å². The molecule has 6 heteroatoms. The predicted molar refractivity (Wildman–Crippen MR) is 79.1 cm³/mol. The Bertz CT molecular complexity index is 484. The van der Waals surface area contributed by atoms with E-state index in [9.17, 15) is 4.79 Å². The Morgan fingerprint density at radius 3 is 2.75 bits per heavy atom. The molecular weight excluding hydrogens is 256 g/mol. The summed E-state index contributed by atoms with van der Waals surface area (Å²) in [6.07, 6.45) is 3.60. The Morgan fingerprint density at radius 2 is 2.20 bits per heavy atom. The van der Waals surface area contributed by atoms with Crippen LogP contribution in [0, 0.1) is 0 Å². The van der Waals surface area contributed by atoms with Gasteiger partial charge in [-0.25, -0.2) is 9.78 Å². The molecule has 0 unspecified atom stereocenters. The van der Waals surface area contributed by atoms with Gasteiger partial charge in [0.1, 0.15) is 0 Å². The number of pyridine rings is 1. The molecule has 3 N–H and O–H groups in total. The van der Waals surface area contributed by atoms with E-state index in [0.29, 0.717) is 11.9 Å². The first kappa shape index (κ1) is 14.6. The van der Waals surface area contributed by atoms with Gasteiger partial charge in [0.05, 0.1) is 11.3 Å². The molecule has 1 aromatic rings. The van der Waals surface area contributed by atoms with E-state index in [1.807, 2.05) is 11.9 Å².